The highest BCUT2D eigenvalue weighted by molar-refractivity contribution is 6.33. The number of rotatable bonds is 3. The molecule has 8 heteroatoms. The SMILES string of the molecule is O=C(O)Cn1c(=O)[nH]cc(-c2cccc(F)c2Cl)c1=O. The van der Waals surface area contributed by atoms with Gasteiger partial charge in [-0.3, -0.25) is 9.59 Å². The van der Waals surface area contributed by atoms with Crippen molar-refractivity contribution in [1.29, 1.82) is 0 Å². The van der Waals surface area contributed by atoms with Gasteiger partial charge in [0, 0.05) is 11.8 Å². The minimum absolute atomic E-state index is 0.0760. The number of aromatic amines is 1. The molecule has 0 atom stereocenters. The normalized spacial score (nSPS) is 10.5. The van der Waals surface area contributed by atoms with Crippen LogP contribution in [0.2, 0.25) is 5.02 Å². The molecule has 0 bridgehead atoms. The second kappa shape index (κ2) is 5.30. The molecule has 0 saturated heterocycles. The van der Waals surface area contributed by atoms with Crippen LogP contribution in [0.1, 0.15) is 0 Å². The van der Waals surface area contributed by atoms with Crippen LogP contribution in [0.5, 0.6) is 0 Å². The molecule has 0 aliphatic rings. The van der Waals surface area contributed by atoms with Gasteiger partial charge in [0.15, 0.2) is 0 Å². The van der Waals surface area contributed by atoms with E-state index in [4.69, 9.17) is 16.7 Å². The van der Waals surface area contributed by atoms with E-state index in [9.17, 15) is 18.8 Å². The van der Waals surface area contributed by atoms with Crippen molar-refractivity contribution in [2.75, 3.05) is 0 Å². The summed E-state index contributed by atoms with van der Waals surface area (Å²) in [6.45, 7) is -0.797. The molecule has 0 fully saturated rings. The van der Waals surface area contributed by atoms with Crippen LogP contribution in [0.15, 0.2) is 34.0 Å². The maximum absolute atomic E-state index is 13.4. The second-order valence-electron chi connectivity index (χ2n) is 3.89. The summed E-state index contributed by atoms with van der Waals surface area (Å²) in [5.74, 6) is -2.07. The van der Waals surface area contributed by atoms with Gasteiger partial charge < -0.3 is 10.1 Å². The molecule has 0 radical (unpaired) electrons. The van der Waals surface area contributed by atoms with Crippen molar-refractivity contribution >= 4 is 17.6 Å². The molecule has 0 aliphatic carbocycles. The van der Waals surface area contributed by atoms with Gasteiger partial charge >= 0.3 is 11.7 Å². The Morgan fingerprint density at radius 3 is 2.70 bits per heavy atom. The van der Waals surface area contributed by atoms with E-state index >= 15 is 0 Å². The third kappa shape index (κ3) is 2.48. The van der Waals surface area contributed by atoms with Crippen LogP contribution >= 0.6 is 11.6 Å². The van der Waals surface area contributed by atoms with E-state index in [0.29, 0.717) is 4.57 Å². The van der Waals surface area contributed by atoms with Crippen molar-refractivity contribution in [2.24, 2.45) is 0 Å². The number of carboxylic acid groups (broad SMARTS) is 1. The molecule has 0 aliphatic heterocycles. The van der Waals surface area contributed by atoms with E-state index < -0.39 is 29.6 Å². The number of nitrogens with zero attached hydrogens (tertiary/aromatic N) is 1. The summed E-state index contributed by atoms with van der Waals surface area (Å²) in [6.07, 6.45) is 1.07. The van der Waals surface area contributed by atoms with Crippen molar-refractivity contribution < 1.29 is 14.3 Å². The van der Waals surface area contributed by atoms with E-state index in [2.05, 4.69) is 4.98 Å². The van der Waals surface area contributed by atoms with Gasteiger partial charge in [-0.05, 0) is 6.07 Å². The summed E-state index contributed by atoms with van der Waals surface area (Å²) in [5.41, 5.74) is -1.74. The summed E-state index contributed by atoms with van der Waals surface area (Å²) in [6, 6.07) is 3.86. The molecule has 0 saturated carbocycles. The smallest absolute Gasteiger partial charge is 0.328 e. The average Bonchev–Trinajstić information content (AvgIpc) is 2.38. The van der Waals surface area contributed by atoms with E-state index in [-0.39, 0.29) is 16.1 Å². The zero-order chi connectivity index (χ0) is 14.9. The number of aromatic nitrogens is 2. The Morgan fingerprint density at radius 2 is 2.05 bits per heavy atom. The number of benzene rings is 1. The molecule has 2 aromatic rings. The Morgan fingerprint density at radius 1 is 1.35 bits per heavy atom. The summed E-state index contributed by atoms with van der Waals surface area (Å²) in [4.78, 5) is 36.4. The number of carbonyl (C=O) groups is 1. The molecule has 1 aromatic heterocycles. The highest BCUT2D eigenvalue weighted by Crippen LogP contribution is 2.26. The Labute approximate surface area is 116 Å². The van der Waals surface area contributed by atoms with Crippen LogP contribution in [0.4, 0.5) is 4.39 Å². The van der Waals surface area contributed by atoms with Gasteiger partial charge in [-0.15, -0.1) is 0 Å². The predicted molar refractivity (Wildman–Crippen MR) is 69.4 cm³/mol. The lowest BCUT2D eigenvalue weighted by molar-refractivity contribution is -0.137. The lowest BCUT2D eigenvalue weighted by Crippen LogP contribution is -2.37. The zero-order valence-corrected chi connectivity index (χ0v) is 10.6. The highest BCUT2D eigenvalue weighted by Gasteiger charge is 2.15. The first-order chi connectivity index (χ1) is 9.41. The van der Waals surface area contributed by atoms with Crippen molar-refractivity contribution in [3.05, 3.63) is 56.1 Å². The fourth-order valence-electron chi connectivity index (χ4n) is 1.69. The van der Waals surface area contributed by atoms with Gasteiger partial charge in [0.25, 0.3) is 5.56 Å². The first kappa shape index (κ1) is 14.0. The monoisotopic (exact) mass is 298 g/mol. The maximum Gasteiger partial charge on any atom is 0.328 e. The molecular formula is C12H8ClFN2O4. The van der Waals surface area contributed by atoms with Crippen molar-refractivity contribution in [2.45, 2.75) is 6.54 Å². The number of carboxylic acids is 1. The van der Waals surface area contributed by atoms with E-state index in [1.807, 2.05) is 0 Å². The van der Waals surface area contributed by atoms with Crippen LogP contribution < -0.4 is 11.2 Å². The molecule has 2 N–H and O–H groups in total. The quantitative estimate of drug-likeness (QED) is 0.887. The van der Waals surface area contributed by atoms with Crippen LogP contribution in [0.3, 0.4) is 0 Å². The van der Waals surface area contributed by atoms with Crippen molar-refractivity contribution in [1.82, 2.24) is 9.55 Å². The minimum Gasteiger partial charge on any atom is -0.480 e. The first-order valence-electron chi connectivity index (χ1n) is 5.40. The molecule has 1 aromatic carbocycles. The summed E-state index contributed by atoms with van der Waals surface area (Å²) < 4.78 is 13.9. The highest BCUT2D eigenvalue weighted by atomic mass is 35.5. The van der Waals surface area contributed by atoms with Gasteiger partial charge in [0.1, 0.15) is 12.4 Å². The molecule has 20 heavy (non-hydrogen) atoms. The third-order valence-electron chi connectivity index (χ3n) is 2.60. The summed E-state index contributed by atoms with van der Waals surface area (Å²) >= 11 is 5.77. The molecule has 0 spiro atoms. The van der Waals surface area contributed by atoms with Crippen molar-refractivity contribution in [3.8, 4) is 11.1 Å². The number of halogens is 2. The molecule has 6 nitrogen and oxygen atoms in total. The van der Waals surface area contributed by atoms with Crippen LogP contribution in [-0.2, 0) is 11.3 Å². The van der Waals surface area contributed by atoms with E-state index in [1.54, 1.807) is 0 Å². The molecule has 0 amide bonds. The Kier molecular flexibility index (Phi) is 3.71. The van der Waals surface area contributed by atoms with Crippen LogP contribution in [-0.4, -0.2) is 20.6 Å². The van der Waals surface area contributed by atoms with Gasteiger partial charge in [-0.1, -0.05) is 23.7 Å². The van der Waals surface area contributed by atoms with Crippen LogP contribution in [0, 0.1) is 5.82 Å². The first-order valence-corrected chi connectivity index (χ1v) is 5.78. The van der Waals surface area contributed by atoms with E-state index in [0.717, 1.165) is 12.3 Å². The fraction of sp³-hybridized carbons (Fsp3) is 0.0833. The third-order valence-corrected chi connectivity index (χ3v) is 2.98. The standard InChI is InChI=1S/C12H8ClFN2O4/c13-10-6(2-1-3-8(10)14)7-4-15-12(20)16(11(7)19)5-9(17)18/h1-4H,5H2,(H,15,20)(H,17,18). The summed E-state index contributed by atoms with van der Waals surface area (Å²) in [5, 5.41) is 8.40. The lowest BCUT2D eigenvalue weighted by Gasteiger charge is -2.07. The van der Waals surface area contributed by atoms with Gasteiger partial charge in [0.05, 0.1) is 10.6 Å². The zero-order valence-electron chi connectivity index (χ0n) is 9.89. The van der Waals surface area contributed by atoms with Gasteiger partial charge in [0.2, 0.25) is 0 Å². The number of hydrogen-bond donors (Lipinski definition) is 2. The van der Waals surface area contributed by atoms with Gasteiger partial charge in [-0.25, -0.2) is 13.8 Å². The fourth-order valence-corrected chi connectivity index (χ4v) is 1.92. The van der Waals surface area contributed by atoms with Crippen LogP contribution in [0.25, 0.3) is 11.1 Å². The number of nitrogens with one attached hydrogen (secondary N) is 1. The molecule has 0 unspecified atom stereocenters. The van der Waals surface area contributed by atoms with Gasteiger partial charge in [-0.2, -0.15) is 0 Å². The number of H-pyrrole nitrogens is 1. The maximum atomic E-state index is 13.4. The minimum atomic E-state index is -1.35. The van der Waals surface area contributed by atoms with Crippen molar-refractivity contribution in [3.63, 3.8) is 0 Å². The number of aliphatic carboxylic acids is 1. The van der Waals surface area contributed by atoms with E-state index in [1.165, 1.54) is 12.1 Å². The Bertz CT molecular complexity index is 797. The second-order valence-corrected chi connectivity index (χ2v) is 4.27. The Balaban J connectivity index is 2.71. The predicted octanol–water partition coefficient (Wildman–Crippen LogP) is 1.08. The Hall–Kier alpha value is -2.41. The average molecular weight is 299 g/mol. The molecule has 1 heterocycles. The lowest BCUT2D eigenvalue weighted by atomic mass is 10.1. The molecule has 104 valence electrons. The largest absolute Gasteiger partial charge is 0.480 e. The summed E-state index contributed by atoms with van der Waals surface area (Å²) in [7, 11) is 0. The molecule has 2 rings (SSSR count). The molecular weight excluding hydrogens is 291 g/mol. The topological polar surface area (TPSA) is 92.2 Å². The number of hydrogen-bond acceptors (Lipinski definition) is 3.